The van der Waals surface area contributed by atoms with Crippen molar-refractivity contribution in [2.45, 2.75) is 25.8 Å². The number of urea groups is 1. The molecule has 2 amide bonds. The van der Waals surface area contributed by atoms with Crippen LogP contribution in [0.2, 0.25) is 0 Å². The maximum atomic E-state index is 12.2. The van der Waals surface area contributed by atoms with Gasteiger partial charge in [-0.15, -0.1) is 5.10 Å². The molecule has 146 valence electrons. The molecule has 2 N–H and O–H groups in total. The van der Waals surface area contributed by atoms with Gasteiger partial charge in [0.15, 0.2) is 5.82 Å². The number of anilines is 1. The second-order valence-corrected chi connectivity index (χ2v) is 7.11. The molecule has 0 aliphatic carbocycles. The third-order valence-electron chi connectivity index (χ3n) is 4.97. The summed E-state index contributed by atoms with van der Waals surface area (Å²) in [6.45, 7) is 5.49. The third-order valence-corrected chi connectivity index (χ3v) is 4.97. The number of hydrogen-bond donors (Lipinski definition) is 2. The molecule has 1 aliphatic heterocycles. The van der Waals surface area contributed by atoms with Crippen LogP contribution in [-0.2, 0) is 0 Å². The standard InChI is InChI=1S/C18H28N8O/c1-14-21-22-23-26(14)17-6-4-5-15(13-17)20-18(27)19-9-12-25-10-7-16(8-11-25)24(2)3/h4-6,13,16H,7-12H2,1-3H3,(H2,19,20,27). The molecule has 0 spiro atoms. The van der Waals surface area contributed by atoms with E-state index in [9.17, 15) is 4.79 Å². The van der Waals surface area contributed by atoms with Gasteiger partial charge in [0.1, 0.15) is 0 Å². The first-order valence-corrected chi connectivity index (χ1v) is 9.32. The minimum absolute atomic E-state index is 0.205. The molecule has 0 radical (unpaired) electrons. The van der Waals surface area contributed by atoms with E-state index in [0.717, 1.165) is 25.3 Å². The lowest BCUT2D eigenvalue weighted by Gasteiger charge is -2.35. The summed E-state index contributed by atoms with van der Waals surface area (Å²) in [5.74, 6) is 0.689. The molecule has 0 saturated carbocycles. The van der Waals surface area contributed by atoms with Gasteiger partial charge in [-0.05, 0) is 75.6 Å². The maximum absolute atomic E-state index is 12.2. The third kappa shape index (κ3) is 5.24. The number of likely N-dealkylation sites (tertiary alicyclic amines) is 1. The van der Waals surface area contributed by atoms with Crippen molar-refractivity contribution < 1.29 is 4.79 Å². The van der Waals surface area contributed by atoms with Crippen LogP contribution in [-0.4, -0.2) is 82.4 Å². The number of rotatable bonds is 6. The lowest BCUT2D eigenvalue weighted by molar-refractivity contribution is 0.146. The molecule has 1 fully saturated rings. The van der Waals surface area contributed by atoms with E-state index in [1.807, 2.05) is 31.2 Å². The Morgan fingerprint density at radius 2 is 2.07 bits per heavy atom. The molecule has 0 atom stereocenters. The minimum Gasteiger partial charge on any atom is -0.337 e. The average molecular weight is 372 g/mol. The van der Waals surface area contributed by atoms with Crippen molar-refractivity contribution >= 4 is 11.7 Å². The summed E-state index contributed by atoms with van der Waals surface area (Å²) in [4.78, 5) is 16.9. The molecule has 1 saturated heterocycles. The van der Waals surface area contributed by atoms with Crippen LogP contribution in [0.5, 0.6) is 0 Å². The number of hydrogen-bond acceptors (Lipinski definition) is 6. The van der Waals surface area contributed by atoms with Crippen molar-refractivity contribution in [3.05, 3.63) is 30.1 Å². The van der Waals surface area contributed by atoms with Crippen molar-refractivity contribution in [2.24, 2.45) is 0 Å². The van der Waals surface area contributed by atoms with E-state index in [-0.39, 0.29) is 6.03 Å². The largest absolute Gasteiger partial charge is 0.337 e. The highest BCUT2D eigenvalue weighted by Crippen LogP contribution is 2.15. The fourth-order valence-electron chi connectivity index (χ4n) is 3.35. The molecule has 2 heterocycles. The van der Waals surface area contributed by atoms with Gasteiger partial charge in [0.25, 0.3) is 0 Å². The Morgan fingerprint density at radius 1 is 1.30 bits per heavy atom. The molecule has 1 aromatic carbocycles. The monoisotopic (exact) mass is 372 g/mol. The SMILES string of the molecule is Cc1nnnn1-c1cccc(NC(=O)NCCN2CCC(N(C)C)CC2)c1. The van der Waals surface area contributed by atoms with Gasteiger partial charge in [-0.2, -0.15) is 4.68 Å². The number of piperidine rings is 1. The highest BCUT2D eigenvalue weighted by Gasteiger charge is 2.20. The van der Waals surface area contributed by atoms with Crippen molar-refractivity contribution in [1.82, 2.24) is 35.3 Å². The van der Waals surface area contributed by atoms with Crippen molar-refractivity contribution in [3.8, 4) is 5.69 Å². The summed E-state index contributed by atoms with van der Waals surface area (Å²) in [5, 5.41) is 17.3. The highest BCUT2D eigenvalue weighted by atomic mass is 16.2. The summed E-state index contributed by atoms with van der Waals surface area (Å²) < 4.78 is 1.63. The summed E-state index contributed by atoms with van der Waals surface area (Å²) in [7, 11) is 4.28. The van der Waals surface area contributed by atoms with Crippen LogP contribution in [0.4, 0.5) is 10.5 Å². The van der Waals surface area contributed by atoms with Gasteiger partial charge in [0, 0.05) is 24.8 Å². The van der Waals surface area contributed by atoms with E-state index in [1.165, 1.54) is 12.8 Å². The Bertz CT molecular complexity index is 751. The molecule has 0 unspecified atom stereocenters. The predicted octanol–water partition coefficient (Wildman–Crippen LogP) is 1.12. The van der Waals surface area contributed by atoms with E-state index in [0.29, 0.717) is 24.1 Å². The summed E-state index contributed by atoms with van der Waals surface area (Å²) in [5.41, 5.74) is 1.51. The predicted molar refractivity (Wildman–Crippen MR) is 104 cm³/mol. The Morgan fingerprint density at radius 3 is 2.74 bits per heavy atom. The number of carbonyl (C=O) groups is 1. The summed E-state index contributed by atoms with van der Waals surface area (Å²) in [6.07, 6.45) is 2.37. The van der Waals surface area contributed by atoms with E-state index in [1.54, 1.807) is 4.68 Å². The average Bonchev–Trinajstić information content (AvgIpc) is 3.08. The molecule has 2 aromatic rings. The molecule has 3 rings (SSSR count). The van der Waals surface area contributed by atoms with Crippen LogP contribution in [0.3, 0.4) is 0 Å². The molecule has 1 aliphatic rings. The van der Waals surface area contributed by atoms with Gasteiger partial charge < -0.3 is 20.4 Å². The maximum Gasteiger partial charge on any atom is 0.319 e. The van der Waals surface area contributed by atoms with Crippen LogP contribution in [0.1, 0.15) is 18.7 Å². The number of carbonyl (C=O) groups excluding carboxylic acids is 1. The molecular formula is C18H28N8O. The van der Waals surface area contributed by atoms with Crippen molar-refractivity contribution in [3.63, 3.8) is 0 Å². The second-order valence-electron chi connectivity index (χ2n) is 7.11. The molecular weight excluding hydrogens is 344 g/mol. The van der Waals surface area contributed by atoms with Gasteiger partial charge in [-0.1, -0.05) is 6.07 Å². The van der Waals surface area contributed by atoms with E-state index >= 15 is 0 Å². The summed E-state index contributed by atoms with van der Waals surface area (Å²) in [6, 6.07) is 7.91. The van der Waals surface area contributed by atoms with Crippen LogP contribution in [0.25, 0.3) is 5.69 Å². The number of aryl methyl sites for hydroxylation is 1. The Balaban J connectivity index is 1.43. The Hall–Kier alpha value is -2.52. The molecule has 9 nitrogen and oxygen atoms in total. The lowest BCUT2D eigenvalue weighted by Crippen LogP contribution is -2.44. The zero-order chi connectivity index (χ0) is 19.2. The van der Waals surface area contributed by atoms with Crippen molar-refractivity contribution in [1.29, 1.82) is 0 Å². The van der Waals surface area contributed by atoms with Gasteiger partial charge in [-0.25, -0.2) is 4.79 Å². The van der Waals surface area contributed by atoms with Crippen LogP contribution < -0.4 is 10.6 Å². The normalized spacial score (nSPS) is 15.9. The van der Waals surface area contributed by atoms with Crippen LogP contribution in [0.15, 0.2) is 24.3 Å². The highest BCUT2D eigenvalue weighted by molar-refractivity contribution is 5.89. The number of amides is 2. The quantitative estimate of drug-likeness (QED) is 0.790. The fraction of sp³-hybridized carbons (Fsp3) is 0.556. The Kier molecular flexibility index (Phi) is 6.36. The van der Waals surface area contributed by atoms with Gasteiger partial charge in [0.05, 0.1) is 5.69 Å². The molecule has 27 heavy (non-hydrogen) atoms. The minimum atomic E-state index is -0.205. The number of tetrazole rings is 1. The molecule has 9 heteroatoms. The lowest BCUT2D eigenvalue weighted by atomic mass is 10.0. The van der Waals surface area contributed by atoms with Crippen molar-refractivity contribution in [2.75, 3.05) is 45.6 Å². The molecule has 0 bridgehead atoms. The van der Waals surface area contributed by atoms with Gasteiger partial charge in [-0.3, -0.25) is 0 Å². The Labute approximate surface area is 159 Å². The van der Waals surface area contributed by atoms with E-state index in [2.05, 4.69) is 50.1 Å². The number of benzene rings is 1. The van der Waals surface area contributed by atoms with Crippen LogP contribution in [0, 0.1) is 6.92 Å². The van der Waals surface area contributed by atoms with Crippen LogP contribution >= 0.6 is 0 Å². The second kappa shape index (κ2) is 8.92. The zero-order valence-electron chi connectivity index (χ0n) is 16.2. The van der Waals surface area contributed by atoms with Gasteiger partial charge >= 0.3 is 6.03 Å². The van der Waals surface area contributed by atoms with Gasteiger partial charge in [0.2, 0.25) is 0 Å². The number of nitrogens with one attached hydrogen (secondary N) is 2. The summed E-state index contributed by atoms with van der Waals surface area (Å²) >= 11 is 0. The number of nitrogens with zero attached hydrogens (tertiary/aromatic N) is 6. The molecule has 1 aromatic heterocycles. The first-order valence-electron chi connectivity index (χ1n) is 9.32. The first-order chi connectivity index (χ1) is 13.0. The fourth-order valence-corrected chi connectivity index (χ4v) is 3.35. The smallest absolute Gasteiger partial charge is 0.319 e. The number of aromatic nitrogens is 4. The topological polar surface area (TPSA) is 91.2 Å². The van der Waals surface area contributed by atoms with E-state index < -0.39 is 0 Å². The van der Waals surface area contributed by atoms with E-state index in [4.69, 9.17) is 0 Å². The zero-order valence-corrected chi connectivity index (χ0v) is 16.2. The first kappa shape index (κ1) is 19.2.